The fourth-order valence-corrected chi connectivity index (χ4v) is 4.73. The molecular formula is C16H16N6OS. The number of fused-ring (bicyclic) bond motifs is 2. The van der Waals surface area contributed by atoms with Crippen LogP contribution in [0.1, 0.15) is 0 Å². The smallest absolute Gasteiger partial charge is 0.264 e. The van der Waals surface area contributed by atoms with Crippen molar-refractivity contribution in [3.8, 4) is 0 Å². The van der Waals surface area contributed by atoms with Gasteiger partial charge in [0.25, 0.3) is 5.56 Å². The number of thiophene rings is 1. The molecule has 0 saturated carbocycles. The molecule has 2 atom stereocenters. The molecule has 122 valence electrons. The van der Waals surface area contributed by atoms with Crippen LogP contribution in [0.4, 0.5) is 11.6 Å². The van der Waals surface area contributed by atoms with Crippen molar-refractivity contribution in [3.63, 3.8) is 0 Å². The Morgan fingerprint density at radius 3 is 2.58 bits per heavy atom. The van der Waals surface area contributed by atoms with Crippen LogP contribution in [-0.4, -0.2) is 46.3 Å². The Labute approximate surface area is 142 Å². The van der Waals surface area contributed by atoms with Crippen molar-refractivity contribution in [1.29, 1.82) is 0 Å². The second kappa shape index (κ2) is 5.27. The Hall–Kier alpha value is -2.48. The molecule has 8 heteroatoms. The summed E-state index contributed by atoms with van der Waals surface area (Å²) >= 11 is 1.71. The number of nitrogens with zero attached hydrogens (tertiary/aromatic N) is 5. The van der Waals surface area contributed by atoms with Crippen LogP contribution in [0.25, 0.3) is 10.2 Å². The average Bonchev–Trinajstić information content (AvgIpc) is 3.29. The number of aromatic amines is 1. The van der Waals surface area contributed by atoms with Crippen molar-refractivity contribution in [2.24, 2.45) is 11.8 Å². The summed E-state index contributed by atoms with van der Waals surface area (Å²) in [6.07, 6.45) is 1.66. The minimum absolute atomic E-state index is 0.159. The molecule has 3 aromatic heterocycles. The number of H-pyrrole nitrogens is 1. The highest BCUT2D eigenvalue weighted by Crippen LogP contribution is 2.37. The maximum Gasteiger partial charge on any atom is 0.264 e. The quantitative estimate of drug-likeness (QED) is 0.759. The topological polar surface area (TPSA) is 78.0 Å². The van der Waals surface area contributed by atoms with E-state index in [1.807, 2.05) is 6.07 Å². The van der Waals surface area contributed by atoms with E-state index in [-0.39, 0.29) is 5.56 Å². The summed E-state index contributed by atoms with van der Waals surface area (Å²) in [4.78, 5) is 24.7. The van der Waals surface area contributed by atoms with Gasteiger partial charge in [0, 0.05) is 44.1 Å². The first kappa shape index (κ1) is 13.9. The molecule has 2 aliphatic heterocycles. The Morgan fingerprint density at radius 2 is 1.83 bits per heavy atom. The predicted octanol–water partition coefficient (Wildman–Crippen LogP) is 1.35. The molecule has 5 heterocycles. The highest BCUT2D eigenvalue weighted by atomic mass is 32.1. The zero-order valence-electron chi connectivity index (χ0n) is 12.9. The van der Waals surface area contributed by atoms with Crippen molar-refractivity contribution in [2.75, 3.05) is 36.0 Å². The molecule has 24 heavy (non-hydrogen) atoms. The van der Waals surface area contributed by atoms with E-state index in [0.717, 1.165) is 43.3 Å². The standard InChI is InChI=1S/C16H16N6OS/c23-14-2-1-13(19-20-14)21-5-10-7-22(8-11(10)6-21)16-15-12(3-4-24-15)17-9-18-16/h1-4,9-11H,5-8H2,(H,20,23). The van der Waals surface area contributed by atoms with Crippen LogP contribution in [-0.2, 0) is 0 Å². The van der Waals surface area contributed by atoms with Crippen LogP contribution in [0.2, 0.25) is 0 Å². The summed E-state index contributed by atoms with van der Waals surface area (Å²) in [5.74, 6) is 3.13. The van der Waals surface area contributed by atoms with Crippen LogP contribution in [0.15, 0.2) is 34.7 Å². The lowest BCUT2D eigenvalue weighted by atomic mass is 10.0. The molecule has 0 aliphatic carbocycles. The molecule has 1 N–H and O–H groups in total. The SMILES string of the molecule is O=c1ccc(N2CC3CN(c4ncnc5ccsc45)CC3C2)n[nH]1. The maximum absolute atomic E-state index is 11.2. The number of hydrogen-bond donors (Lipinski definition) is 1. The summed E-state index contributed by atoms with van der Waals surface area (Å²) in [6.45, 7) is 3.96. The number of anilines is 2. The first-order valence-electron chi connectivity index (χ1n) is 8.02. The zero-order valence-corrected chi connectivity index (χ0v) is 13.7. The van der Waals surface area contributed by atoms with E-state index in [4.69, 9.17) is 0 Å². The van der Waals surface area contributed by atoms with Gasteiger partial charge in [0.05, 0.1) is 10.2 Å². The zero-order chi connectivity index (χ0) is 16.1. The second-order valence-electron chi connectivity index (χ2n) is 6.44. The van der Waals surface area contributed by atoms with Gasteiger partial charge in [0.1, 0.15) is 18.0 Å². The molecule has 0 amide bonds. The first-order valence-corrected chi connectivity index (χ1v) is 8.90. The lowest BCUT2D eigenvalue weighted by molar-refractivity contribution is 0.533. The minimum Gasteiger partial charge on any atom is -0.355 e. The monoisotopic (exact) mass is 340 g/mol. The lowest BCUT2D eigenvalue weighted by Gasteiger charge is -2.23. The number of rotatable bonds is 2. The summed E-state index contributed by atoms with van der Waals surface area (Å²) in [7, 11) is 0. The average molecular weight is 340 g/mol. The Bertz CT molecular complexity index is 918. The first-order chi connectivity index (χ1) is 11.8. The van der Waals surface area contributed by atoms with Gasteiger partial charge in [-0.3, -0.25) is 4.79 Å². The fraction of sp³-hybridized carbons (Fsp3) is 0.375. The molecular weight excluding hydrogens is 324 g/mol. The molecule has 2 unspecified atom stereocenters. The maximum atomic E-state index is 11.2. The Kier molecular flexibility index (Phi) is 3.05. The second-order valence-corrected chi connectivity index (χ2v) is 7.36. The molecule has 0 radical (unpaired) electrons. The van der Waals surface area contributed by atoms with Crippen molar-refractivity contribution in [1.82, 2.24) is 20.2 Å². The molecule has 0 spiro atoms. The molecule has 0 bridgehead atoms. The number of aromatic nitrogens is 4. The van der Waals surface area contributed by atoms with Gasteiger partial charge in [-0.15, -0.1) is 11.3 Å². The van der Waals surface area contributed by atoms with Crippen LogP contribution in [0.5, 0.6) is 0 Å². The van der Waals surface area contributed by atoms with E-state index in [9.17, 15) is 4.79 Å². The van der Waals surface area contributed by atoms with Gasteiger partial charge in [-0.1, -0.05) is 0 Å². The molecule has 2 fully saturated rings. The summed E-state index contributed by atoms with van der Waals surface area (Å²) < 4.78 is 1.18. The minimum atomic E-state index is -0.159. The van der Waals surface area contributed by atoms with Gasteiger partial charge in [0.15, 0.2) is 0 Å². The number of hydrogen-bond acceptors (Lipinski definition) is 7. The van der Waals surface area contributed by atoms with E-state index in [1.54, 1.807) is 23.7 Å². The van der Waals surface area contributed by atoms with Crippen LogP contribution in [0.3, 0.4) is 0 Å². The van der Waals surface area contributed by atoms with Gasteiger partial charge >= 0.3 is 0 Å². The normalized spacial score (nSPS) is 23.2. The van der Waals surface area contributed by atoms with E-state index in [2.05, 4.69) is 35.3 Å². The fourth-order valence-electron chi connectivity index (χ4n) is 3.87. The highest BCUT2D eigenvalue weighted by molar-refractivity contribution is 7.17. The molecule has 0 aromatic carbocycles. The third kappa shape index (κ3) is 2.17. The predicted molar refractivity (Wildman–Crippen MR) is 93.7 cm³/mol. The largest absolute Gasteiger partial charge is 0.355 e. The lowest BCUT2D eigenvalue weighted by Crippen LogP contribution is -2.30. The van der Waals surface area contributed by atoms with Crippen LogP contribution in [0, 0.1) is 11.8 Å². The van der Waals surface area contributed by atoms with Gasteiger partial charge in [-0.05, 0) is 17.5 Å². The van der Waals surface area contributed by atoms with Gasteiger partial charge in [-0.25, -0.2) is 15.1 Å². The molecule has 3 aromatic rings. The molecule has 2 aliphatic rings. The van der Waals surface area contributed by atoms with Crippen molar-refractivity contribution < 1.29 is 0 Å². The molecule has 7 nitrogen and oxygen atoms in total. The number of nitrogens with one attached hydrogen (secondary N) is 1. The summed E-state index contributed by atoms with van der Waals surface area (Å²) in [6, 6.07) is 5.39. The van der Waals surface area contributed by atoms with Crippen molar-refractivity contribution >= 4 is 33.2 Å². The van der Waals surface area contributed by atoms with Crippen molar-refractivity contribution in [3.05, 3.63) is 40.3 Å². The van der Waals surface area contributed by atoms with E-state index >= 15 is 0 Å². The van der Waals surface area contributed by atoms with Gasteiger partial charge in [0.2, 0.25) is 0 Å². The molecule has 2 saturated heterocycles. The van der Waals surface area contributed by atoms with Crippen molar-refractivity contribution in [2.45, 2.75) is 0 Å². The van der Waals surface area contributed by atoms with Crippen LogP contribution < -0.4 is 15.4 Å². The Balaban J connectivity index is 1.36. The van der Waals surface area contributed by atoms with Gasteiger partial charge in [-0.2, -0.15) is 5.10 Å². The van der Waals surface area contributed by atoms with E-state index < -0.39 is 0 Å². The van der Waals surface area contributed by atoms with E-state index in [0.29, 0.717) is 11.8 Å². The Morgan fingerprint density at radius 1 is 1.04 bits per heavy atom. The van der Waals surface area contributed by atoms with Crippen LogP contribution >= 0.6 is 11.3 Å². The third-order valence-electron chi connectivity index (χ3n) is 5.00. The van der Waals surface area contributed by atoms with Gasteiger partial charge < -0.3 is 9.80 Å². The summed E-state index contributed by atoms with van der Waals surface area (Å²) in [5.41, 5.74) is 0.870. The highest BCUT2D eigenvalue weighted by Gasteiger charge is 2.41. The van der Waals surface area contributed by atoms with E-state index in [1.165, 1.54) is 10.8 Å². The molecule has 5 rings (SSSR count). The summed E-state index contributed by atoms with van der Waals surface area (Å²) in [5, 5.41) is 8.75. The third-order valence-corrected chi connectivity index (χ3v) is 5.90.